The van der Waals surface area contributed by atoms with Gasteiger partial charge >= 0.3 is 5.97 Å². The number of aliphatic carboxylic acids is 1. The molecule has 0 saturated carbocycles. The van der Waals surface area contributed by atoms with Crippen molar-refractivity contribution in [3.63, 3.8) is 0 Å². The van der Waals surface area contributed by atoms with Crippen LogP contribution in [0.2, 0.25) is 0 Å². The molecule has 0 radical (unpaired) electrons. The summed E-state index contributed by atoms with van der Waals surface area (Å²) in [5.74, 6) is -0.479. The highest BCUT2D eigenvalue weighted by molar-refractivity contribution is 5.88. The number of hydrogen-bond acceptors (Lipinski definition) is 1. The van der Waals surface area contributed by atoms with Crippen molar-refractivity contribution in [2.45, 2.75) is 19.8 Å². The van der Waals surface area contributed by atoms with Gasteiger partial charge in [0.1, 0.15) is 0 Å². The van der Waals surface area contributed by atoms with Crippen LogP contribution in [-0.2, 0) is 4.79 Å². The molecule has 1 aliphatic rings. The minimum absolute atomic E-state index is 0.293. The van der Waals surface area contributed by atoms with Gasteiger partial charge in [0, 0.05) is 5.57 Å². The average Bonchev–Trinajstić information content (AvgIpc) is 2.30. The Hall–Kier alpha value is -1.05. The number of carboxylic acids is 1. The molecule has 0 aromatic rings. The van der Waals surface area contributed by atoms with Crippen LogP contribution in [0.25, 0.3) is 0 Å². The Morgan fingerprint density at radius 1 is 1.82 bits per heavy atom. The first-order valence-electron chi connectivity index (χ1n) is 3.72. The summed E-state index contributed by atoms with van der Waals surface area (Å²) in [5.41, 5.74) is 1.56. The van der Waals surface area contributed by atoms with Crippen LogP contribution in [0.5, 0.6) is 0 Å². The molecule has 60 valence electrons. The summed E-state index contributed by atoms with van der Waals surface area (Å²) in [7, 11) is 0. The summed E-state index contributed by atoms with van der Waals surface area (Å²) in [6.07, 6.45) is 3.43. The molecule has 0 bridgehead atoms. The average molecular weight is 152 g/mol. The zero-order valence-corrected chi connectivity index (χ0v) is 6.63. The Bertz CT molecular complexity index is 226. The highest BCUT2D eigenvalue weighted by atomic mass is 16.4. The molecule has 1 aliphatic carbocycles. The van der Waals surface area contributed by atoms with Crippen molar-refractivity contribution >= 4 is 5.97 Å². The van der Waals surface area contributed by atoms with Crippen LogP contribution in [-0.4, -0.2) is 11.1 Å². The van der Waals surface area contributed by atoms with E-state index in [1.807, 2.05) is 13.0 Å². The number of rotatable bonds is 2. The third-order valence-electron chi connectivity index (χ3n) is 2.28. The summed E-state index contributed by atoms with van der Waals surface area (Å²) < 4.78 is 0. The molecule has 1 unspecified atom stereocenters. The zero-order valence-electron chi connectivity index (χ0n) is 6.63. The topological polar surface area (TPSA) is 37.3 Å². The molecule has 0 amide bonds. The standard InChI is InChI=1S/C9H12O2/c1-3-7-4-5-8(6(7)2)9(10)11/h3,7H,1,4-5H2,2H3,(H,10,11). The molecule has 0 saturated heterocycles. The van der Waals surface area contributed by atoms with Crippen molar-refractivity contribution in [1.82, 2.24) is 0 Å². The fraction of sp³-hybridized carbons (Fsp3) is 0.444. The Morgan fingerprint density at radius 3 is 2.73 bits per heavy atom. The molecule has 0 spiro atoms. The maximum Gasteiger partial charge on any atom is 0.331 e. The quantitative estimate of drug-likeness (QED) is 0.614. The smallest absolute Gasteiger partial charge is 0.331 e. The van der Waals surface area contributed by atoms with Gasteiger partial charge in [-0.25, -0.2) is 4.79 Å². The minimum Gasteiger partial charge on any atom is -0.478 e. The molecule has 0 aliphatic heterocycles. The number of carbonyl (C=O) groups is 1. The van der Waals surface area contributed by atoms with E-state index in [0.29, 0.717) is 17.9 Å². The van der Waals surface area contributed by atoms with E-state index in [9.17, 15) is 4.79 Å². The predicted octanol–water partition coefficient (Wildman–Crippen LogP) is 1.98. The van der Waals surface area contributed by atoms with E-state index in [1.165, 1.54) is 0 Å². The van der Waals surface area contributed by atoms with E-state index < -0.39 is 5.97 Å². The van der Waals surface area contributed by atoms with Crippen LogP contribution in [0.4, 0.5) is 0 Å². The first-order valence-corrected chi connectivity index (χ1v) is 3.72. The lowest BCUT2D eigenvalue weighted by Gasteiger charge is -2.02. The largest absolute Gasteiger partial charge is 0.478 e. The van der Waals surface area contributed by atoms with Gasteiger partial charge in [-0.1, -0.05) is 11.6 Å². The van der Waals surface area contributed by atoms with Crippen LogP contribution in [0, 0.1) is 5.92 Å². The second kappa shape index (κ2) is 2.91. The van der Waals surface area contributed by atoms with E-state index in [0.717, 1.165) is 12.0 Å². The van der Waals surface area contributed by atoms with Crippen molar-refractivity contribution in [3.05, 3.63) is 23.8 Å². The van der Waals surface area contributed by atoms with Crippen LogP contribution in [0.15, 0.2) is 23.8 Å². The molecule has 2 heteroatoms. The van der Waals surface area contributed by atoms with Crippen LogP contribution >= 0.6 is 0 Å². The number of hydrogen-bond donors (Lipinski definition) is 1. The normalized spacial score (nSPS) is 23.9. The van der Waals surface area contributed by atoms with Crippen molar-refractivity contribution in [2.24, 2.45) is 5.92 Å². The summed E-state index contributed by atoms with van der Waals surface area (Å²) in [6.45, 7) is 5.54. The third kappa shape index (κ3) is 1.34. The fourth-order valence-electron chi connectivity index (χ4n) is 1.51. The van der Waals surface area contributed by atoms with Gasteiger partial charge in [0.2, 0.25) is 0 Å². The van der Waals surface area contributed by atoms with Crippen molar-refractivity contribution in [1.29, 1.82) is 0 Å². The van der Waals surface area contributed by atoms with Gasteiger partial charge in [0.25, 0.3) is 0 Å². The second-order valence-corrected chi connectivity index (χ2v) is 2.85. The Labute approximate surface area is 66.2 Å². The first kappa shape index (κ1) is 8.05. The molecule has 1 atom stereocenters. The molecule has 0 aromatic heterocycles. The summed E-state index contributed by atoms with van der Waals surface area (Å²) in [4.78, 5) is 10.6. The van der Waals surface area contributed by atoms with Crippen LogP contribution in [0.3, 0.4) is 0 Å². The zero-order chi connectivity index (χ0) is 8.43. The van der Waals surface area contributed by atoms with E-state index in [2.05, 4.69) is 6.58 Å². The second-order valence-electron chi connectivity index (χ2n) is 2.85. The summed E-state index contributed by atoms with van der Waals surface area (Å²) >= 11 is 0. The SMILES string of the molecule is C=CC1CCC(C(=O)O)=C1C. The molecule has 1 rings (SSSR count). The van der Waals surface area contributed by atoms with Crippen LogP contribution < -0.4 is 0 Å². The Morgan fingerprint density at radius 2 is 2.45 bits per heavy atom. The number of carboxylic acid groups (broad SMARTS) is 1. The lowest BCUT2D eigenvalue weighted by molar-refractivity contribution is -0.132. The van der Waals surface area contributed by atoms with E-state index in [-0.39, 0.29) is 0 Å². The van der Waals surface area contributed by atoms with E-state index in [1.54, 1.807) is 0 Å². The summed E-state index contributed by atoms with van der Waals surface area (Å²) in [5, 5.41) is 8.70. The Balaban J connectivity index is 2.88. The summed E-state index contributed by atoms with van der Waals surface area (Å²) in [6, 6.07) is 0. The van der Waals surface area contributed by atoms with Gasteiger partial charge in [-0.3, -0.25) is 0 Å². The molecule has 2 nitrogen and oxygen atoms in total. The van der Waals surface area contributed by atoms with Gasteiger partial charge < -0.3 is 5.11 Å². The Kier molecular flexibility index (Phi) is 2.13. The van der Waals surface area contributed by atoms with Gasteiger partial charge in [0.05, 0.1) is 0 Å². The molecular formula is C9H12O2. The van der Waals surface area contributed by atoms with Gasteiger partial charge in [0.15, 0.2) is 0 Å². The monoisotopic (exact) mass is 152 g/mol. The molecule has 11 heavy (non-hydrogen) atoms. The van der Waals surface area contributed by atoms with E-state index >= 15 is 0 Å². The molecule has 0 fully saturated rings. The predicted molar refractivity (Wildman–Crippen MR) is 43.3 cm³/mol. The highest BCUT2D eigenvalue weighted by Crippen LogP contribution is 2.32. The fourth-order valence-corrected chi connectivity index (χ4v) is 1.51. The van der Waals surface area contributed by atoms with Crippen LogP contribution in [0.1, 0.15) is 19.8 Å². The van der Waals surface area contributed by atoms with Gasteiger partial charge in [-0.2, -0.15) is 0 Å². The van der Waals surface area contributed by atoms with Gasteiger partial charge in [-0.15, -0.1) is 6.58 Å². The van der Waals surface area contributed by atoms with Crippen molar-refractivity contribution < 1.29 is 9.90 Å². The van der Waals surface area contributed by atoms with Crippen molar-refractivity contribution in [2.75, 3.05) is 0 Å². The molecular weight excluding hydrogens is 140 g/mol. The molecule has 1 N–H and O–H groups in total. The minimum atomic E-state index is -0.771. The van der Waals surface area contributed by atoms with E-state index in [4.69, 9.17) is 5.11 Å². The highest BCUT2D eigenvalue weighted by Gasteiger charge is 2.23. The molecule has 0 aromatic carbocycles. The lowest BCUT2D eigenvalue weighted by Crippen LogP contribution is -1.99. The van der Waals surface area contributed by atoms with Gasteiger partial charge in [-0.05, 0) is 25.7 Å². The maximum absolute atomic E-state index is 10.6. The molecule has 0 heterocycles. The number of allylic oxidation sites excluding steroid dienone is 2. The lowest BCUT2D eigenvalue weighted by atomic mass is 10.0. The third-order valence-corrected chi connectivity index (χ3v) is 2.28. The maximum atomic E-state index is 10.6. The first-order chi connectivity index (χ1) is 5.16. The van der Waals surface area contributed by atoms with Crippen molar-refractivity contribution in [3.8, 4) is 0 Å².